The van der Waals surface area contributed by atoms with Gasteiger partial charge in [0, 0.05) is 6.54 Å². The van der Waals surface area contributed by atoms with Gasteiger partial charge in [0.2, 0.25) is 0 Å². The summed E-state index contributed by atoms with van der Waals surface area (Å²) >= 11 is 0. The zero-order chi connectivity index (χ0) is 12.1. The van der Waals surface area contributed by atoms with Crippen LogP contribution >= 0.6 is 0 Å². The van der Waals surface area contributed by atoms with Gasteiger partial charge in [0.15, 0.2) is 0 Å². The number of hydrogen-bond acceptors (Lipinski definition) is 1. The Morgan fingerprint density at radius 3 is 2.44 bits per heavy atom. The summed E-state index contributed by atoms with van der Waals surface area (Å²) in [5.41, 5.74) is 0. The molecular weight excluding hydrogens is 194 g/mol. The van der Waals surface area contributed by atoms with Crippen LogP contribution < -0.4 is 0 Å². The molecule has 0 N–H and O–H groups in total. The monoisotopic (exact) mass is 221 g/mol. The van der Waals surface area contributed by atoms with Gasteiger partial charge in [-0.15, -0.1) is 12.5 Å². The predicted octanol–water partition coefficient (Wildman–Crippen LogP) is 3.86. The predicted molar refractivity (Wildman–Crippen MR) is 73.5 cm³/mol. The molecule has 0 rings (SSSR count). The molecule has 0 fully saturated rings. The van der Waals surface area contributed by atoms with Crippen molar-refractivity contribution in [2.45, 2.75) is 52.4 Å². The van der Waals surface area contributed by atoms with Crippen LogP contribution in [0.3, 0.4) is 0 Å². The number of nitrogens with zero attached hydrogens (tertiary/aromatic N) is 1. The van der Waals surface area contributed by atoms with Gasteiger partial charge in [-0.05, 0) is 19.9 Å². The Labute approximate surface area is 102 Å². The van der Waals surface area contributed by atoms with E-state index in [9.17, 15) is 0 Å². The van der Waals surface area contributed by atoms with Crippen LogP contribution in [0.25, 0.3) is 0 Å². The van der Waals surface area contributed by atoms with Crippen LogP contribution in [0.4, 0.5) is 0 Å². The van der Waals surface area contributed by atoms with E-state index in [0.717, 1.165) is 19.6 Å². The van der Waals surface area contributed by atoms with E-state index >= 15 is 0 Å². The third kappa shape index (κ3) is 9.80. The van der Waals surface area contributed by atoms with Gasteiger partial charge in [-0.2, -0.15) is 0 Å². The Kier molecular flexibility index (Phi) is 11.8. The van der Waals surface area contributed by atoms with Gasteiger partial charge in [0.25, 0.3) is 0 Å². The first-order valence-electron chi connectivity index (χ1n) is 6.58. The van der Waals surface area contributed by atoms with Crippen LogP contribution in [0.15, 0.2) is 12.7 Å². The van der Waals surface area contributed by atoms with Crippen LogP contribution in [0.5, 0.6) is 0 Å². The molecule has 0 unspecified atom stereocenters. The lowest BCUT2D eigenvalue weighted by Gasteiger charge is -2.17. The molecule has 0 aromatic carbocycles. The molecular formula is C15H27N. The summed E-state index contributed by atoms with van der Waals surface area (Å²) in [6, 6.07) is 0. The fourth-order valence-electron chi connectivity index (χ4n) is 1.72. The quantitative estimate of drug-likeness (QED) is 0.307. The zero-order valence-electron chi connectivity index (χ0n) is 11.1. The molecule has 0 aliphatic rings. The number of unbranched alkanes of at least 4 members (excludes halogenated alkanes) is 5. The lowest BCUT2D eigenvalue weighted by atomic mass is 10.1. The topological polar surface area (TPSA) is 3.24 Å². The van der Waals surface area contributed by atoms with E-state index in [1.807, 2.05) is 13.0 Å². The van der Waals surface area contributed by atoms with E-state index < -0.39 is 0 Å². The van der Waals surface area contributed by atoms with Gasteiger partial charge in [0.05, 0.1) is 6.54 Å². The van der Waals surface area contributed by atoms with E-state index in [-0.39, 0.29) is 0 Å². The SMILES string of the molecule is C=CCN(CC#CC)CCCCCCCC. The molecule has 1 nitrogen and oxygen atoms in total. The third-order valence-electron chi connectivity index (χ3n) is 2.69. The summed E-state index contributed by atoms with van der Waals surface area (Å²) in [5.74, 6) is 6.07. The van der Waals surface area contributed by atoms with Gasteiger partial charge in [0.1, 0.15) is 0 Å². The van der Waals surface area contributed by atoms with Gasteiger partial charge in [-0.3, -0.25) is 4.90 Å². The molecule has 0 aromatic heterocycles. The second-order valence-corrected chi connectivity index (χ2v) is 4.22. The highest BCUT2D eigenvalue weighted by Crippen LogP contribution is 2.05. The molecule has 0 radical (unpaired) electrons. The second kappa shape index (κ2) is 12.3. The van der Waals surface area contributed by atoms with Crippen LogP contribution in [0.1, 0.15) is 52.4 Å². The summed E-state index contributed by atoms with van der Waals surface area (Å²) in [6.45, 7) is 11.0. The molecule has 16 heavy (non-hydrogen) atoms. The highest BCUT2D eigenvalue weighted by atomic mass is 15.1. The second-order valence-electron chi connectivity index (χ2n) is 4.22. The molecule has 92 valence electrons. The Morgan fingerprint density at radius 1 is 1.12 bits per heavy atom. The fourth-order valence-corrected chi connectivity index (χ4v) is 1.72. The Morgan fingerprint density at radius 2 is 1.81 bits per heavy atom. The van der Waals surface area contributed by atoms with Crippen molar-refractivity contribution in [3.05, 3.63) is 12.7 Å². The minimum Gasteiger partial charge on any atom is -0.289 e. The van der Waals surface area contributed by atoms with E-state index in [0.29, 0.717) is 0 Å². The van der Waals surface area contributed by atoms with Crippen LogP contribution in [-0.4, -0.2) is 24.5 Å². The van der Waals surface area contributed by atoms with Crippen molar-refractivity contribution >= 4 is 0 Å². The summed E-state index contributed by atoms with van der Waals surface area (Å²) in [7, 11) is 0. The van der Waals surface area contributed by atoms with E-state index in [2.05, 4.69) is 30.2 Å². The van der Waals surface area contributed by atoms with Crippen LogP contribution in [-0.2, 0) is 0 Å². The minimum atomic E-state index is 0.886. The average Bonchev–Trinajstić information content (AvgIpc) is 2.30. The van der Waals surface area contributed by atoms with E-state index in [4.69, 9.17) is 0 Å². The molecule has 0 atom stereocenters. The zero-order valence-corrected chi connectivity index (χ0v) is 11.1. The first-order valence-corrected chi connectivity index (χ1v) is 6.58. The van der Waals surface area contributed by atoms with Gasteiger partial charge in [-0.1, -0.05) is 51.0 Å². The molecule has 0 spiro atoms. The first kappa shape index (κ1) is 15.3. The largest absolute Gasteiger partial charge is 0.289 e. The highest BCUT2D eigenvalue weighted by Gasteiger charge is 1.99. The van der Waals surface area contributed by atoms with Crippen molar-refractivity contribution in [1.82, 2.24) is 4.90 Å². The smallest absolute Gasteiger partial charge is 0.0604 e. The molecule has 0 aliphatic heterocycles. The van der Waals surface area contributed by atoms with Crippen molar-refractivity contribution in [3.8, 4) is 11.8 Å². The minimum absolute atomic E-state index is 0.886. The van der Waals surface area contributed by atoms with Crippen molar-refractivity contribution < 1.29 is 0 Å². The summed E-state index contributed by atoms with van der Waals surface area (Å²) in [5, 5.41) is 0. The molecule has 0 amide bonds. The molecule has 0 bridgehead atoms. The Balaban J connectivity index is 3.50. The molecule has 0 aromatic rings. The van der Waals surface area contributed by atoms with Crippen molar-refractivity contribution in [2.75, 3.05) is 19.6 Å². The maximum absolute atomic E-state index is 3.79. The highest BCUT2D eigenvalue weighted by molar-refractivity contribution is 4.98. The molecule has 0 saturated heterocycles. The third-order valence-corrected chi connectivity index (χ3v) is 2.69. The maximum Gasteiger partial charge on any atom is 0.0604 e. The van der Waals surface area contributed by atoms with Gasteiger partial charge < -0.3 is 0 Å². The average molecular weight is 221 g/mol. The number of rotatable bonds is 10. The van der Waals surface area contributed by atoms with Gasteiger partial charge >= 0.3 is 0 Å². The normalized spacial score (nSPS) is 9.94. The lowest BCUT2D eigenvalue weighted by molar-refractivity contribution is 0.329. The Bertz CT molecular complexity index is 209. The first-order chi connectivity index (χ1) is 7.85. The molecule has 1 heteroatoms. The number of hydrogen-bond donors (Lipinski definition) is 0. The lowest BCUT2D eigenvalue weighted by Crippen LogP contribution is -2.25. The van der Waals surface area contributed by atoms with E-state index in [1.54, 1.807) is 0 Å². The van der Waals surface area contributed by atoms with Crippen molar-refractivity contribution in [3.63, 3.8) is 0 Å². The summed E-state index contributed by atoms with van der Waals surface area (Å²) < 4.78 is 0. The van der Waals surface area contributed by atoms with Gasteiger partial charge in [-0.25, -0.2) is 0 Å². The summed E-state index contributed by atoms with van der Waals surface area (Å²) in [6.07, 6.45) is 10.1. The molecule has 0 saturated carbocycles. The maximum atomic E-state index is 3.79. The van der Waals surface area contributed by atoms with E-state index in [1.165, 1.54) is 38.5 Å². The summed E-state index contributed by atoms with van der Waals surface area (Å²) in [4.78, 5) is 2.36. The Hall–Kier alpha value is -0.740. The van der Waals surface area contributed by atoms with Crippen molar-refractivity contribution in [2.24, 2.45) is 0 Å². The van der Waals surface area contributed by atoms with Crippen LogP contribution in [0.2, 0.25) is 0 Å². The fraction of sp³-hybridized carbons (Fsp3) is 0.733. The molecule has 0 aliphatic carbocycles. The molecule has 0 heterocycles. The standard InChI is InChI=1S/C15H27N/c1-4-7-9-10-11-12-15-16(13-6-3)14-8-5-2/h6H,3-4,7,9-15H2,1-2H3. The van der Waals surface area contributed by atoms with Crippen LogP contribution in [0, 0.1) is 11.8 Å². The van der Waals surface area contributed by atoms with Crippen molar-refractivity contribution in [1.29, 1.82) is 0 Å².